The third kappa shape index (κ3) is 5.13. The molecule has 1 aromatic rings. The molecule has 1 aliphatic rings. The van der Waals surface area contributed by atoms with Crippen LogP contribution in [0.25, 0.3) is 0 Å². The SMILES string of the molecule is CC(O)CN(C(=O)Nc1cccc(N2CCC(C)CC2)c1)C(C)C. The van der Waals surface area contributed by atoms with Crippen LogP contribution in [0.4, 0.5) is 16.2 Å². The van der Waals surface area contributed by atoms with E-state index < -0.39 is 6.10 Å². The van der Waals surface area contributed by atoms with Crippen molar-refractivity contribution in [2.75, 3.05) is 29.9 Å². The maximum absolute atomic E-state index is 12.5. The molecule has 0 radical (unpaired) electrons. The van der Waals surface area contributed by atoms with Crippen molar-refractivity contribution in [2.24, 2.45) is 5.92 Å². The van der Waals surface area contributed by atoms with E-state index in [0.29, 0.717) is 6.54 Å². The number of urea groups is 1. The van der Waals surface area contributed by atoms with E-state index >= 15 is 0 Å². The van der Waals surface area contributed by atoms with Crippen molar-refractivity contribution in [1.29, 1.82) is 0 Å². The number of nitrogens with zero attached hydrogens (tertiary/aromatic N) is 2. The standard InChI is InChI=1S/C19H31N3O2/c1-14(2)22(13-16(4)23)19(24)20-17-6-5-7-18(12-17)21-10-8-15(3)9-11-21/h5-7,12,14-16,23H,8-11,13H2,1-4H3,(H,20,24). The molecule has 1 aliphatic heterocycles. The van der Waals surface area contributed by atoms with Crippen LogP contribution in [0.3, 0.4) is 0 Å². The Bertz CT molecular complexity index is 537. The second-order valence-electron chi connectivity index (χ2n) is 7.25. The first-order valence-corrected chi connectivity index (χ1v) is 8.97. The second-order valence-corrected chi connectivity index (χ2v) is 7.25. The Kier molecular flexibility index (Phi) is 6.49. The monoisotopic (exact) mass is 333 g/mol. The average molecular weight is 333 g/mol. The summed E-state index contributed by atoms with van der Waals surface area (Å²) in [6.07, 6.45) is 1.89. The molecule has 0 spiro atoms. The fourth-order valence-corrected chi connectivity index (χ4v) is 3.06. The van der Waals surface area contributed by atoms with E-state index in [1.165, 1.54) is 12.8 Å². The molecule has 1 saturated heterocycles. The highest BCUT2D eigenvalue weighted by atomic mass is 16.3. The van der Waals surface area contributed by atoms with Crippen LogP contribution in [-0.2, 0) is 0 Å². The molecule has 0 saturated carbocycles. The highest BCUT2D eigenvalue weighted by Crippen LogP contribution is 2.25. The maximum atomic E-state index is 12.5. The zero-order valence-electron chi connectivity index (χ0n) is 15.3. The van der Waals surface area contributed by atoms with E-state index in [2.05, 4.69) is 23.2 Å². The number of amides is 2. The highest BCUT2D eigenvalue weighted by molar-refractivity contribution is 5.90. The van der Waals surface area contributed by atoms with Crippen molar-refractivity contribution in [3.8, 4) is 0 Å². The summed E-state index contributed by atoms with van der Waals surface area (Å²) in [5, 5.41) is 12.6. The third-order valence-electron chi connectivity index (χ3n) is 4.59. The summed E-state index contributed by atoms with van der Waals surface area (Å²) in [4.78, 5) is 16.5. The second kappa shape index (κ2) is 8.38. The highest BCUT2D eigenvalue weighted by Gasteiger charge is 2.20. The first-order chi connectivity index (χ1) is 11.4. The van der Waals surface area contributed by atoms with Gasteiger partial charge in [0.05, 0.1) is 6.10 Å². The summed E-state index contributed by atoms with van der Waals surface area (Å²) in [7, 11) is 0. The largest absolute Gasteiger partial charge is 0.392 e. The molecule has 0 aromatic heterocycles. The van der Waals surface area contributed by atoms with E-state index in [1.54, 1.807) is 11.8 Å². The Morgan fingerprint density at radius 1 is 1.33 bits per heavy atom. The number of nitrogens with one attached hydrogen (secondary N) is 1. The number of aliphatic hydroxyl groups is 1. The van der Waals surface area contributed by atoms with E-state index in [1.807, 2.05) is 32.0 Å². The lowest BCUT2D eigenvalue weighted by atomic mass is 9.99. The number of hydrogen-bond acceptors (Lipinski definition) is 3. The minimum Gasteiger partial charge on any atom is -0.392 e. The van der Waals surface area contributed by atoms with Crippen LogP contribution in [0.15, 0.2) is 24.3 Å². The zero-order chi connectivity index (χ0) is 17.7. The van der Waals surface area contributed by atoms with Gasteiger partial charge in [0.2, 0.25) is 0 Å². The zero-order valence-corrected chi connectivity index (χ0v) is 15.3. The van der Waals surface area contributed by atoms with Gasteiger partial charge in [0.1, 0.15) is 0 Å². The van der Waals surface area contributed by atoms with E-state index in [-0.39, 0.29) is 12.1 Å². The fraction of sp³-hybridized carbons (Fsp3) is 0.632. The molecular weight excluding hydrogens is 302 g/mol. The van der Waals surface area contributed by atoms with Crippen molar-refractivity contribution in [3.63, 3.8) is 0 Å². The van der Waals surface area contributed by atoms with E-state index in [0.717, 1.165) is 30.4 Å². The summed E-state index contributed by atoms with van der Waals surface area (Å²) < 4.78 is 0. The van der Waals surface area contributed by atoms with Crippen molar-refractivity contribution in [3.05, 3.63) is 24.3 Å². The van der Waals surface area contributed by atoms with Crippen LogP contribution in [0.1, 0.15) is 40.5 Å². The first kappa shape index (κ1) is 18.6. The van der Waals surface area contributed by atoms with Crippen molar-refractivity contribution in [2.45, 2.75) is 52.7 Å². The Balaban J connectivity index is 2.04. The lowest BCUT2D eigenvalue weighted by Gasteiger charge is -2.32. The first-order valence-electron chi connectivity index (χ1n) is 8.97. The van der Waals surface area contributed by atoms with Crippen molar-refractivity contribution < 1.29 is 9.90 Å². The normalized spacial score (nSPS) is 17.0. The molecule has 0 bridgehead atoms. The topological polar surface area (TPSA) is 55.8 Å². The molecule has 134 valence electrons. The molecule has 5 heteroatoms. The molecule has 0 aliphatic carbocycles. The number of carbonyl (C=O) groups excluding carboxylic acids is 1. The maximum Gasteiger partial charge on any atom is 0.322 e. The van der Waals surface area contributed by atoms with Gasteiger partial charge in [-0.25, -0.2) is 4.79 Å². The summed E-state index contributed by atoms with van der Waals surface area (Å²) in [6.45, 7) is 10.4. The fourth-order valence-electron chi connectivity index (χ4n) is 3.06. The van der Waals surface area contributed by atoms with Crippen LogP contribution in [0, 0.1) is 5.92 Å². The number of benzene rings is 1. The Labute approximate surface area is 145 Å². The molecule has 24 heavy (non-hydrogen) atoms. The van der Waals surface area contributed by atoms with Gasteiger partial charge in [0.25, 0.3) is 0 Å². The molecule has 2 rings (SSSR count). The number of piperidine rings is 1. The van der Waals surface area contributed by atoms with Gasteiger partial charge in [-0.2, -0.15) is 0 Å². The van der Waals surface area contributed by atoms with Crippen molar-refractivity contribution >= 4 is 17.4 Å². The van der Waals surface area contributed by atoms with Gasteiger partial charge in [0.15, 0.2) is 0 Å². The molecule has 1 heterocycles. The summed E-state index contributed by atoms with van der Waals surface area (Å²) in [5.41, 5.74) is 1.96. The van der Waals surface area contributed by atoms with Gasteiger partial charge in [-0.15, -0.1) is 0 Å². The molecule has 1 unspecified atom stereocenters. The van der Waals surface area contributed by atoms with Crippen LogP contribution in [0.2, 0.25) is 0 Å². The molecule has 1 fully saturated rings. The number of carbonyl (C=O) groups is 1. The Hall–Kier alpha value is -1.75. The van der Waals surface area contributed by atoms with Crippen LogP contribution < -0.4 is 10.2 Å². The van der Waals surface area contributed by atoms with Gasteiger partial charge in [-0.3, -0.25) is 0 Å². The van der Waals surface area contributed by atoms with Crippen LogP contribution in [0.5, 0.6) is 0 Å². The van der Waals surface area contributed by atoms with Gasteiger partial charge in [-0.1, -0.05) is 13.0 Å². The molecular formula is C19H31N3O2. The average Bonchev–Trinajstić information content (AvgIpc) is 2.53. The summed E-state index contributed by atoms with van der Waals surface area (Å²) >= 11 is 0. The molecule has 5 nitrogen and oxygen atoms in total. The van der Waals surface area contributed by atoms with Crippen LogP contribution >= 0.6 is 0 Å². The van der Waals surface area contributed by atoms with E-state index in [4.69, 9.17) is 0 Å². The molecule has 1 atom stereocenters. The van der Waals surface area contributed by atoms with Gasteiger partial charge >= 0.3 is 6.03 Å². The number of aliphatic hydroxyl groups excluding tert-OH is 1. The van der Waals surface area contributed by atoms with E-state index in [9.17, 15) is 9.90 Å². The lowest BCUT2D eigenvalue weighted by molar-refractivity contribution is 0.125. The van der Waals surface area contributed by atoms with Gasteiger partial charge in [-0.05, 0) is 57.7 Å². The number of hydrogen-bond donors (Lipinski definition) is 2. The summed E-state index contributed by atoms with van der Waals surface area (Å²) in [6, 6.07) is 7.89. The molecule has 2 N–H and O–H groups in total. The Morgan fingerprint density at radius 3 is 2.58 bits per heavy atom. The van der Waals surface area contributed by atoms with Crippen LogP contribution in [-0.4, -0.2) is 47.8 Å². The smallest absolute Gasteiger partial charge is 0.322 e. The quantitative estimate of drug-likeness (QED) is 0.866. The predicted octanol–water partition coefficient (Wildman–Crippen LogP) is 3.55. The third-order valence-corrected chi connectivity index (χ3v) is 4.59. The van der Waals surface area contributed by atoms with Gasteiger partial charge in [0, 0.05) is 37.1 Å². The van der Waals surface area contributed by atoms with Gasteiger partial charge < -0.3 is 20.2 Å². The summed E-state index contributed by atoms with van der Waals surface area (Å²) in [5.74, 6) is 0.796. The predicted molar refractivity (Wildman–Crippen MR) is 99.6 cm³/mol. The molecule has 1 aromatic carbocycles. The number of rotatable bonds is 5. The number of anilines is 2. The minimum absolute atomic E-state index is 0.0337. The molecule has 2 amide bonds. The lowest BCUT2D eigenvalue weighted by Crippen LogP contribution is -2.43. The minimum atomic E-state index is -0.542. The Morgan fingerprint density at radius 2 is 2.00 bits per heavy atom. The van der Waals surface area contributed by atoms with Crippen molar-refractivity contribution in [1.82, 2.24) is 4.90 Å².